The highest BCUT2D eigenvalue weighted by Gasteiger charge is 2.06. The summed E-state index contributed by atoms with van der Waals surface area (Å²) in [6.45, 7) is 3.92. The van der Waals surface area contributed by atoms with E-state index in [0.29, 0.717) is 12.5 Å². The minimum absolute atomic E-state index is 0.358. The summed E-state index contributed by atoms with van der Waals surface area (Å²) in [5, 5.41) is 4.64. The third-order valence-corrected chi connectivity index (χ3v) is 1.58. The lowest BCUT2D eigenvalue weighted by atomic mass is 10.3. The van der Waals surface area contributed by atoms with Crippen molar-refractivity contribution in [1.82, 2.24) is 5.16 Å². The van der Waals surface area contributed by atoms with Crippen molar-refractivity contribution in [2.24, 2.45) is 0 Å². The second-order valence-corrected chi connectivity index (χ2v) is 2.33. The maximum atomic E-state index is 5.14. The minimum atomic E-state index is 0.358. The van der Waals surface area contributed by atoms with Gasteiger partial charge in [0.15, 0.2) is 5.58 Å². The van der Waals surface area contributed by atoms with Gasteiger partial charge in [-0.25, -0.2) is 0 Å². The van der Waals surface area contributed by atoms with Gasteiger partial charge in [-0.05, 0) is 24.2 Å². The normalized spacial score (nSPS) is 10.4. The van der Waals surface area contributed by atoms with Crippen molar-refractivity contribution in [2.45, 2.75) is 0 Å². The molecule has 0 unspecified atom stereocenters. The first-order valence-corrected chi connectivity index (χ1v) is 3.68. The van der Waals surface area contributed by atoms with Gasteiger partial charge in [-0.2, -0.15) is 0 Å². The average Bonchev–Trinajstić information content (AvgIpc) is 2.50. The second-order valence-electron chi connectivity index (χ2n) is 2.33. The fourth-order valence-corrected chi connectivity index (χ4v) is 1.06. The van der Waals surface area contributed by atoms with Crippen LogP contribution in [-0.4, -0.2) is 11.8 Å². The number of para-hydroxylation sites is 1. The summed E-state index contributed by atoms with van der Waals surface area (Å²) in [6.07, 6.45) is 0. The molecular weight excluding hydrogens is 154 g/mol. The van der Waals surface area contributed by atoms with E-state index >= 15 is 0 Å². The Labute approximate surface area is 69.9 Å². The molecule has 0 aliphatic rings. The van der Waals surface area contributed by atoms with Gasteiger partial charge in [0, 0.05) is 0 Å². The summed E-state index contributed by atoms with van der Waals surface area (Å²) in [5.41, 5.74) is 0.737. The first-order valence-electron chi connectivity index (χ1n) is 3.68. The third-order valence-electron chi connectivity index (χ3n) is 1.58. The summed E-state index contributed by atoms with van der Waals surface area (Å²) in [7, 11) is 0. The van der Waals surface area contributed by atoms with E-state index in [2.05, 4.69) is 12.1 Å². The van der Waals surface area contributed by atoms with E-state index in [9.17, 15) is 0 Å². The molecular formula is C9H8NO2. The zero-order valence-corrected chi connectivity index (χ0v) is 6.49. The van der Waals surface area contributed by atoms with Crippen molar-refractivity contribution >= 4 is 11.0 Å². The Bertz CT molecular complexity index is 381. The van der Waals surface area contributed by atoms with Crippen LogP contribution in [0.3, 0.4) is 0 Å². The first-order chi connectivity index (χ1) is 5.92. The minimum Gasteiger partial charge on any atom is -0.475 e. The number of rotatable bonds is 2. The number of hydrogen-bond donors (Lipinski definition) is 0. The van der Waals surface area contributed by atoms with Gasteiger partial charge in [-0.1, -0.05) is 12.1 Å². The second kappa shape index (κ2) is 2.85. The fraction of sp³-hybridized carbons (Fsp3) is 0.111. The summed E-state index contributed by atoms with van der Waals surface area (Å²) in [5.74, 6) is 0.514. The molecule has 0 fully saturated rings. The van der Waals surface area contributed by atoms with Gasteiger partial charge < -0.3 is 9.26 Å². The smallest absolute Gasteiger partial charge is 0.262 e. The Hall–Kier alpha value is -1.51. The van der Waals surface area contributed by atoms with Gasteiger partial charge >= 0.3 is 0 Å². The summed E-state index contributed by atoms with van der Waals surface area (Å²) in [6, 6.07) is 7.55. The van der Waals surface area contributed by atoms with Gasteiger partial charge in [0.25, 0.3) is 5.88 Å². The molecule has 1 radical (unpaired) electrons. The number of hydrogen-bond acceptors (Lipinski definition) is 3. The fourth-order valence-electron chi connectivity index (χ4n) is 1.06. The van der Waals surface area contributed by atoms with E-state index < -0.39 is 0 Å². The molecule has 2 rings (SSSR count). The van der Waals surface area contributed by atoms with E-state index in [-0.39, 0.29) is 0 Å². The first kappa shape index (κ1) is 7.16. The van der Waals surface area contributed by atoms with Crippen molar-refractivity contribution in [3.63, 3.8) is 0 Å². The van der Waals surface area contributed by atoms with Crippen molar-refractivity contribution in [2.75, 3.05) is 6.61 Å². The highest BCUT2D eigenvalue weighted by molar-refractivity contribution is 5.81. The molecule has 0 aliphatic carbocycles. The van der Waals surface area contributed by atoms with Gasteiger partial charge in [0.2, 0.25) is 0 Å². The van der Waals surface area contributed by atoms with E-state index in [4.69, 9.17) is 9.26 Å². The number of ether oxygens (including phenoxy) is 1. The summed E-state index contributed by atoms with van der Waals surface area (Å²) < 4.78 is 10.1. The molecule has 61 valence electrons. The molecule has 12 heavy (non-hydrogen) atoms. The topological polar surface area (TPSA) is 35.3 Å². The largest absolute Gasteiger partial charge is 0.475 e. The molecule has 3 nitrogen and oxygen atoms in total. The Morgan fingerprint density at radius 3 is 3.08 bits per heavy atom. The Balaban J connectivity index is 2.55. The van der Waals surface area contributed by atoms with Crippen LogP contribution in [0.1, 0.15) is 0 Å². The molecule has 2 aromatic rings. The molecule has 0 bridgehead atoms. The van der Waals surface area contributed by atoms with Crippen molar-refractivity contribution < 1.29 is 9.26 Å². The monoisotopic (exact) mass is 162 g/mol. The van der Waals surface area contributed by atoms with Crippen LogP contribution in [0.25, 0.3) is 11.0 Å². The molecule has 0 aliphatic heterocycles. The molecule has 0 saturated carbocycles. The molecule has 1 aromatic carbocycles. The highest BCUT2D eigenvalue weighted by Crippen LogP contribution is 2.23. The van der Waals surface area contributed by atoms with Crippen LogP contribution >= 0.6 is 0 Å². The predicted molar refractivity (Wildman–Crippen MR) is 44.9 cm³/mol. The zero-order valence-electron chi connectivity index (χ0n) is 6.49. The molecule has 0 saturated heterocycles. The summed E-state index contributed by atoms with van der Waals surface area (Å²) >= 11 is 0. The molecule has 1 aromatic heterocycles. The van der Waals surface area contributed by atoms with Crippen molar-refractivity contribution in [3.05, 3.63) is 31.2 Å². The number of fused-ring (bicyclic) bond motifs is 1. The van der Waals surface area contributed by atoms with Crippen LogP contribution in [0.2, 0.25) is 0 Å². The molecule has 0 spiro atoms. The quantitative estimate of drug-likeness (QED) is 0.677. The van der Waals surface area contributed by atoms with Crippen LogP contribution in [0, 0.1) is 6.92 Å². The van der Waals surface area contributed by atoms with Gasteiger partial charge in [0.05, 0.1) is 12.0 Å². The number of aromatic nitrogens is 1. The number of nitrogens with zero attached hydrogens (tertiary/aromatic N) is 1. The van der Waals surface area contributed by atoms with Crippen LogP contribution in [0.5, 0.6) is 5.88 Å². The maximum absolute atomic E-state index is 5.14. The molecule has 0 N–H and O–H groups in total. The Morgan fingerprint density at radius 2 is 2.25 bits per heavy atom. The van der Waals surface area contributed by atoms with Crippen LogP contribution < -0.4 is 4.74 Å². The van der Waals surface area contributed by atoms with E-state index in [0.717, 1.165) is 11.0 Å². The SMILES string of the molecule is [CH2]COc1noc2ccccc12. The molecule has 3 heteroatoms. The highest BCUT2D eigenvalue weighted by atomic mass is 16.5. The summed E-state index contributed by atoms with van der Waals surface area (Å²) in [4.78, 5) is 0. The van der Waals surface area contributed by atoms with Crippen LogP contribution in [-0.2, 0) is 0 Å². The standard InChI is InChI=1S/C9H8NO2/c1-2-11-9-7-5-3-4-6-8(7)12-10-9/h3-6H,1-2H2. The van der Waals surface area contributed by atoms with Gasteiger partial charge in [0.1, 0.15) is 0 Å². The zero-order chi connectivity index (χ0) is 8.39. The lowest BCUT2D eigenvalue weighted by molar-refractivity contribution is 0.316. The Morgan fingerprint density at radius 1 is 1.42 bits per heavy atom. The third kappa shape index (κ3) is 1.03. The van der Waals surface area contributed by atoms with Gasteiger partial charge in [-0.15, -0.1) is 0 Å². The van der Waals surface area contributed by atoms with E-state index in [1.165, 1.54) is 0 Å². The molecule has 0 atom stereocenters. The van der Waals surface area contributed by atoms with Crippen molar-refractivity contribution in [3.8, 4) is 5.88 Å². The van der Waals surface area contributed by atoms with Crippen molar-refractivity contribution in [1.29, 1.82) is 0 Å². The Kier molecular flexibility index (Phi) is 1.70. The molecule has 1 heterocycles. The predicted octanol–water partition coefficient (Wildman–Crippen LogP) is 2.04. The average molecular weight is 162 g/mol. The van der Waals surface area contributed by atoms with E-state index in [1.807, 2.05) is 24.3 Å². The van der Waals surface area contributed by atoms with Crippen LogP contribution in [0.4, 0.5) is 0 Å². The van der Waals surface area contributed by atoms with Crippen LogP contribution in [0.15, 0.2) is 28.8 Å². The lowest BCUT2D eigenvalue weighted by Crippen LogP contribution is -1.91. The number of benzene rings is 1. The van der Waals surface area contributed by atoms with E-state index in [1.54, 1.807) is 0 Å². The maximum Gasteiger partial charge on any atom is 0.262 e. The molecule has 0 amide bonds. The van der Waals surface area contributed by atoms with Gasteiger partial charge in [-0.3, -0.25) is 0 Å². The lowest BCUT2D eigenvalue weighted by Gasteiger charge is -1.94.